The van der Waals surface area contributed by atoms with Crippen molar-refractivity contribution in [1.82, 2.24) is 20.4 Å². The van der Waals surface area contributed by atoms with Gasteiger partial charge < -0.3 is 10.6 Å². The summed E-state index contributed by atoms with van der Waals surface area (Å²) in [4.78, 5) is 25.3. The van der Waals surface area contributed by atoms with Crippen molar-refractivity contribution in [2.24, 2.45) is 0 Å². The van der Waals surface area contributed by atoms with Crippen LogP contribution in [0.2, 0.25) is 0 Å². The molecule has 3 aromatic carbocycles. The van der Waals surface area contributed by atoms with Crippen LogP contribution in [0.15, 0.2) is 103 Å². The minimum atomic E-state index is -0.410. The molecule has 0 aliphatic carbocycles. The van der Waals surface area contributed by atoms with Gasteiger partial charge in [-0.3, -0.25) is 9.59 Å². The Morgan fingerprint density at radius 2 is 1.55 bits per heavy atom. The number of hydrogen-bond donors (Lipinski definition) is 2. The molecular formula is C27H26N4O2. The Labute approximate surface area is 193 Å². The molecule has 6 heteroatoms. The summed E-state index contributed by atoms with van der Waals surface area (Å²) in [6, 6.07) is 28.2. The normalized spacial score (nSPS) is 11.5. The zero-order valence-electron chi connectivity index (χ0n) is 18.2. The lowest BCUT2D eigenvalue weighted by Gasteiger charge is -2.19. The van der Waals surface area contributed by atoms with Gasteiger partial charge in [0.2, 0.25) is 5.91 Å². The smallest absolute Gasteiger partial charge is 0.251 e. The molecule has 4 rings (SSSR count). The summed E-state index contributed by atoms with van der Waals surface area (Å²) >= 11 is 0. The summed E-state index contributed by atoms with van der Waals surface area (Å²) < 4.78 is 1.80. The molecule has 0 bridgehead atoms. The van der Waals surface area contributed by atoms with Crippen molar-refractivity contribution in [3.63, 3.8) is 0 Å². The van der Waals surface area contributed by atoms with Crippen LogP contribution in [0, 0.1) is 0 Å². The highest BCUT2D eigenvalue weighted by molar-refractivity contribution is 5.94. The number of rotatable bonds is 9. The van der Waals surface area contributed by atoms with Crippen LogP contribution in [0.1, 0.15) is 33.9 Å². The molecular weight excluding hydrogens is 412 g/mol. The van der Waals surface area contributed by atoms with E-state index in [4.69, 9.17) is 0 Å². The summed E-state index contributed by atoms with van der Waals surface area (Å²) in [5, 5.41) is 10.2. The molecule has 0 aliphatic rings. The third kappa shape index (κ3) is 6.17. The first-order valence-electron chi connectivity index (χ1n) is 11.0. The van der Waals surface area contributed by atoms with Crippen molar-refractivity contribution in [3.8, 4) is 5.69 Å². The predicted octanol–water partition coefficient (Wildman–Crippen LogP) is 4.09. The molecule has 0 saturated heterocycles. The van der Waals surface area contributed by atoms with Gasteiger partial charge in [0.15, 0.2) is 0 Å². The molecule has 0 aliphatic heterocycles. The van der Waals surface area contributed by atoms with Crippen molar-refractivity contribution >= 4 is 11.8 Å². The number of nitrogens with zero attached hydrogens (tertiary/aromatic N) is 2. The molecule has 0 saturated carbocycles. The number of aromatic nitrogens is 2. The van der Waals surface area contributed by atoms with E-state index in [1.165, 1.54) is 0 Å². The van der Waals surface area contributed by atoms with Gasteiger partial charge in [-0.25, -0.2) is 4.68 Å². The zero-order valence-corrected chi connectivity index (χ0v) is 18.2. The van der Waals surface area contributed by atoms with Gasteiger partial charge in [0.1, 0.15) is 0 Å². The minimum Gasteiger partial charge on any atom is -0.356 e. The summed E-state index contributed by atoms with van der Waals surface area (Å²) in [5.74, 6) is -0.306. The number of hydrogen-bond acceptors (Lipinski definition) is 3. The van der Waals surface area contributed by atoms with Crippen LogP contribution in [0.5, 0.6) is 0 Å². The second-order valence-corrected chi connectivity index (χ2v) is 7.72. The van der Waals surface area contributed by atoms with Gasteiger partial charge in [-0.15, -0.1) is 0 Å². The molecule has 0 spiro atoms. The number of nitrogens with one attached hydrogen (secondary N) is 2. The van der Waals surface area contributed by atoms with E-state index < -0.39 is 6.04 Å². The van der Waals surface area contributed by atoms with E-state index in [0.29, 0.717) is 12.1 Å². The molecule has 2 N–H and O–H groups in total. The van der Waals surface area contributed by atoms with E-state index in [-0.39, 0.29) is 18.2 Å². The van der Waals surface area contributed by atoms with E-state index in [0.717, 1.165) is 23.2 Å². The molecule has 0 radical (unpaired) electrons. The molecule has 2 amide bonds. The lowest BCUT2D eigenvalue weighted by atomic mass is 10.0. The molecule has 1 atom stereocenters. The minimum absolute atomic E-state index is 0.106. The monoisotopic (exact) mass is 438 g/mol. The van der Waals surface area contributed by atoms with Crippen LogP contribution >= 0.6 is 0 Å². The van der Waals surface area contributed by atoms with Crippen LogP contribution in [-0.4, -0.2) is 28.1 Å². The highest BCUT2D eigenvalue weighted by atomic mass is 16.2. The Bertz CT molecular complexity index is 1160. The van der Waals surface area contributed by atoms with Gasteiger partial charge in [0.25, 0.3) is 5.91 Å². The number of carbonyl (C=O) groups excluding carboxylic acids is 2. The Balaban J connectivity index is 1.32. The molecule has 33 heavy (non-hydrogen) atoms. The maximum absolute atomic E-state index is 12.7. The van der Waals surface area contributed by atoms with E-state index in [1.807, 2.05) is 85.1 Å². The van der Waals surface area contributed by atoms with E-state index in [9.17, 15) is 9.59 Å². The van der Waals surface area contributed by atoms with Crippen LogP contribution in [0.4, 0.5) is 0 Å². The third-order valence-corrected chi connectivity index (χ3v) is 5.37. The maximum Gasteiger partial charge on any atom is 0.251 e. The SMILES string of the molecule is O=C(CC(NC(=O)c1ccccc1)c1ccccc1)NCCc1ccc(-n2cccn2)cc1. The fraction of sp³-hybridized carbons (Fsp3) is 0.148. The predicted molar refractivity (Wildman–Crippen MR) is 128 cm³/mol. The number of benzene rings is 3. The molecule has 1 unspecified atom stereocenters. The van der Waals surface area contributed by atoms with Crippen molar-refractivity contribution in [1.29, 1.82) is 0 Å². The molecule has 4 aromatic rings. The van der Waals surface area contributed by atoms with Crippen molar-refractivity contribution in [2.75, 3.05) is 6.54 Å². The fourth-order valence-corrected chi connectivity index (χ4v) is 3.61. The average Bonchev–Trinajstić information content (AvgIpc) is 3.40. The molecule has 1 aromatic heterocycles. The lowest BCUT2D eigenvalue weighted by molar-refractivity contribution is -0.121. The Kier molecular flexibility index (Phi) is 7.28. The average molecular weight is 439 g/mol. The van der Waals surface area contributed by atoms with Crippen LogP contribution < -0.4 is 10.6 Å². The van der Waals surface area contributed by atoms with Crippen LogP contribution in [-0.2, 0) is 11.2 Å². The summed E-state index contributed by atoms with van der Waals surface area (Å²) in [5.41, 5.74) is 3.58. The first-order valence-corrected chi connectivity index (χ1v) is 11.0. The zero-order chi connectivity index (χ0) is 22.9. The van der Waals surface area contributed by atoms with Gasteiger partial charge in [0.05, 0.1) is 18.2 Å². The van der Waals surface area contributed by atoms with Crippen molar-refractivity contribution in [3.05, 3.63) is 120 Å². The molecule has 1 heterocycles. The fourth-order valence-electron chi connectivity index (χ4n) is 3.61. The molecule has 6 nitrogen and oxygen atoms in total. The Hall–Kier alpha value is -4.19. The van der Waals surface area contributed by atoms with Gasteiger partial charge >= 0.3 is 0 Å². The quantitative estimate of drug-likeness (QED) is 0.413. The first kappa shape index (κ1) is 22.0. The number of carbonyl (C=O) groups is 2. The maximum atomic E-state index is 12.7. The van der Waals surface area contributed by atoms with Gasteiger partial charge in [-0.2, -0.15) is 5.10 Å². The lowest BCUT2D eigenvalue weighted by Crippen LogP contribution is -2.34. The second-order valence-electron chi connectivity index (χ2n) is 7.72. The third-order valence-electron chi connectivity index (χ3n) is 5.37. The van der Waals surface area contributed by atoms with Gasteiger partial charge in [0, 0.05) is 24.5 Å². The van der Waals surface area contributed by atoms with Crippen LogP contribution in [0.25, 0.3) is 5.69 Å². The van der Waals surface area contributed by atoms with E-state index >= 15 is 0 Å². The van der Waals surface area contributed by atoms with Gasteiger partial charge in [-0.05, 0) is 47.9 Å². The topological polar surface area (TPSA) is 76.0 Å². The highest BCUT2D eigenvalue weighted by Crippen LogP contribution is 2.17. The number of amides is 2. The summed E-state index contributed by atoms with van der Waals surface area (Å²) in [6.07, 6.45) is 4.53. The molecule has 166 valence electrons. The van der Waals surface area contributed by atoms with Crippen molar-refractivity contribution < 1.29 is 9.59 Å². The Morgan fingerprint density at radius 1 is 0.848 bits per heavy atom. The standard InChI is InChI=1S/C27H26N4O2/c32-26(28-18-16-21-12-14-24(15-13-21)31-19-7-17-29-31)20-25(22-8-3-1-4-9-22)30-27(33)23-10-5-2-6-11-23/h1-15,17,19,25H,16,18,20H2,(H,28,32)(H,30,33). The summed E-state index contributed by atoms with van der Waals surface area (Å²) in [7, 11) is 0. The second kappa shape index (κ2) is 10.9. The molecule has 0 fully saturated rings. The highest BCUT2D eigenvalue weighted by Gasteiger charge is 2.19. The van der Waals surface area contributed by atoms with Gasteiger partial charge in [-0.1, -0.05) is 60.7 Å². The summed E-state index contributed by atoms with van der Waals surface area (Å²) in [6.45, 7) is 0.522. The largest absolute Gasteiger partial charge is 0.356 e. The van der Waals surface area contributed by atoms with E-state index in [1.54, 1.807) is 23.0 Å². The Morgan fingerprint density at radius 3 is 2.21 bits per heavy atom. The van der Waals surface area contributed by atoms with Crippen molar-refractivity contribution in [2.45, 2.75) is 18.9 Å². The van der Waals surface area contributed by atoms with Crippen LogP contribution in [0.3, 0.4) is 0 Å². The first-order chi connectivity index (χ1) is 16.2. The van der Waals surface area contributed by atoms with E-state index in [2.05, 4.69) is 15.7 Å².